The van der Waals surface area contributed by atoms with Crippen LogP contribution in [-0.2, 0) is 19.1 Å². The number of ether oxygens (including phenoxy) is 1. The zero-order valence-corrected chi connectivity index (χ0v) is 12.2. The highest BCUT2D eigenvalue weighted by Crippen LogP contribution is 2.33. The normalized spacial score (nSPS) is 29.1. The summed E-state index contributed by atoms with van der Waals surface area (Å²) in [6.07, 6.45) is -0.846. The number of amides is 2. The lowest BCUT2D eigenvalue weighted by Gasteiger charge is -2.35. The van der Waals surface area contributed by atoms with E-state index in [-0.39, 0.29) is 49.3 Å². The molecule has 2 heterocycles. The smallest absolute Gasteiger partial charge is 0.237 e. The van der Waals surface area contributed by atoms with Crippen LogP contribution in [0.3, 0.4) is 0 Å². The second-order valence-corrected chi connectivity index (χ2v) is 5.77. The van der Waals surface area contributed by atoms with Gasteiger partial charge in [0.2, 0.25) is 11.8 Å². The van der Waals surface area contributed by atoms with Gasteiger partial charge in [0.1, 0.15) is 12.3 Å². The topological polar surface area (TPSA) is 128 Å². The summed E-state index contributed by atoms with van der Waals surface area (Å²) >= 11 is 0. The Morgan fingerprint density at radius 1 is 1.48 bits per heavy atom. The van der Waals surface area contributed by atoms with Crippen LogP contribution < -0.4 is 16.8 Å². The van der Waals surface area contributed by atoms with Gasteiger partial charge in [-0.1, -0.05) is 13.8 Å². The van der Waals surface area contributed by atoms with Crippen LogP contribution in [0, 0.1) is 5.92 Å². The number of Topliss-reactive ketones (excluding diaryl/α,β-unsaturated/α-hetero) is 1. The molecule has 2 aliphatic heterocycles. The first kappa shape index (κ1) is 15.9. The minimum atomic E-state index is -0.776. The average Bonchev–Trinajstić information content (AvgIpc) is 2.75. The summed E-state index contributed by atoms with van der Waals surface area (Å²) in [5.74, 6) is -0.743. The van der Waals surface area contributed by atoms with Crippen molar-refractivity contribution < 1.29 is 19.1 Å². The maximum atomic E-state index is 12.2. The third kappa shape index (κ3) is 2.92. The van der Waals surface area contributed by atoms with Gasteiger partial charge in [0.05, 0.1) is 25.0 Å². The first-order valence-corrected chi connectivity index (χ1v) is 7.09. The van der Waals surface area contributed by atoms with E-state index < -0.39 is 18.2 Å². The Labute approximate surface area is 123 Å². The molecule has 0 aromatic rings. The molecule has 8 heteroatoms. The van der Waals surface area contributed by atoms with Crippen molar-refractivity contribution in [3.05, 3.63) is 0 Å². The number of ketones is 1. The molecule has 2 saturated heterocycles. The lowest BCUT2D eigenvalue weighted by molar-refractivity contribution is -0.159. The summed E-state index contributed by atoms with van der Waals surface area (Å²) in [6, 6.07) is -1.10. The maximum absolute atomic E-state index is 12.2. The van der Waals surface area contributed by atoms with Crippen LogP contribution in [0.5, 0.6) is 0 Å². The predicted molar refractivity (Wildman–Crippen MR) is 73.8 cm³/mol. The summed E-state index contributed by atoms with van der Waals surface area (Å²) in [6.45, 7) is 3.63. The molecule has 0 saturated carbocycles. The van der Waals surface area contributed by atoms with Crippen molar-refractivity contribution >= 4 is 17.6 Å². The number of nitrogens with two attached hydrogens (primary N) is 2. The molecular weight excluding hydrogens is 276 g/mol. The molecular formula is C13H22N4O4. The van der Waals surface area contributed by atoms with Crippen molar-refractivity contribution in [2.24, 2.45) is 17.4 Å². The highest BCUT2D eigenvalue weighted by molar-refractivity contribution is 5.93. The van der Waals surface area contributed by atoms with Crippen LogP contribution in [0.1, 0.15) is 20.3 Å². The van der Waals surface area contributed by atoms with Crippen LogP contribution in [0.25, 0.3) is 0 Å². The first-order valence-electron chi connectivity index (χ1n) is 7.09. The van der Waals surface area contributed by atoms with Crippen molar-refractivity contribution in [2.75, 3.05) is 13.1 Å². The fourth-order valence-electron chi connectivity index (χ4n) is 2.54. The number of nitrogens with zero attached hydrogens (tertiary/aromatic N) is 1. The number of rotatable bonds is 6. The van der Waals surface area contributed by atoms with E-state index in [1.54, 1.807) is 0 Å². The Hall–Kier alpha value is -1.51. The maximum Gasteiger partial charge on any atom is 0.237 e. The number of β-lactam (4-membered cyclic amide) rings is 1. The second kappa shape index (κ2) is 6.08. The van der Waals surface area contributed by atoms with Gasteiger partial charge in [-0.2, -0.15) is 0 Å². The average molecular weight is 298 g/mol. The van der Waals surface area contributed by atoms with E-state index in [1.165, 1.54) is 4.90 Å². The summed E-state index contributed by atoms with van der Waals surface area (Å²) in [4.78, 5) is 36.9. The minimum absolute atomic E-state index is 0.0146. The number of fused-ring (bicyclic) bond motifs is 1. The number of hydrogen-bond donors (Lipinski definition) is 3. The van der Waals surface area contributed by atoms with Crippen LogP contribution >= 0.6 is 0 Å². The molecule has 0 bridgehead atoms. The highest BCUT2D eigenvalue weighted by atomic mass is 16.5. The molecule has 3 unspecified atom stereocenters. The van der Waals surface area contributed by atoms with Gasteiger partial charge in [-0.25, -0.2) is 0 Å². The van der Waals surface area contributed by atoms with Gasteiger partial charge in [-0.3, -0.25) is 14.4 Å². The Kier molecular flexibility index (Phi) is 4.60. The lowest BCUT2D eigenvalue weighted by atomic mass is 10.0. The molecule has 0 aliphatic carbocycles. The summed E-state index contributed by atoms with van der Waals surface area (Å²) in [5, 5.41) is 2.51. The van der Waals surface area contributed by atoms with Crippen LogP contribution in [0.2, 0.25) is 0 Å². The van der Waals surface area contributed by atoms with E-state index >= 15 is 0 Å². The van der Waals surface area contributed by atoms with E-state index in [2.05, 4.69) is 5.32 Å². The number of nitrogens with one attached hydrogen (secondary N) is 1. The van der Waals surface area contributed by atoms with E-state index in [1.807, 2.05) is 13.8 Å². The van der Waals surface area contributed by atoms with Crippen molar-refractivity contribution in [1.82, 2.24) is 10.2 Å². The number of carbonyl (C=O) groups is 3. The van der Waals surface area contributed by atoms with Crippen molar-refractivity contribution in [3.63, 3.8) is 0 Å². The fourth-order valence-corrected chi connectivity index (χ4v) is 2.54. The molecule has 0 aromatic carbocycles. The van der Waals surface area contributed by atoms with Gasteiger partial charge in [-0.05, 0) is 5.92 Å². The van der Waals surface area contributed by atoms with Gasteiger partial charge in [0, 0.05) is 6.54 Å². The highest BCUT2D eigenvalue weighted by Gasteiger charge is 2.53. The zero-order valence-electron chi connectivity index (χ0n) is 12.2. The minimum Gasteiger partial charge on any atom is -0.348 e. The van der Waals surface area contributed by atoms with Crippen molar-refractivity contribution in [2.45, 2.75) is 44.7 Å². The fraction of sp³-hybridized carbons (Fsp3) is 0.769. The zero-order chi connectivity index (χ0) is 15.7. The molecule has 21 heavy (non-hydrogen) atoms. The molecule has 0 spiro atoms. The van der Waals surface area contributed by atoms with Crippen molar-refractivity contribution in [3.8, 4) is 0 Å². The first-order chi connectivity index (χ1) is 9.86. The molecule has 118 valence electrons. The number of carbonyl (C=O) groups excluding carboxylic acids is 3. The molecule has 2 amide bonds. The van der Waals surface area contributed by atoms with Crippen LogP contribution in [-0.4, -0.2) is 60.0 Å². The molecule has 5 N–H and O–H groups in total. The molecule has 2 aliphatic rings. The van der Waals surface area contributed by atoms with Crippen molar-refractivity contribution in [1.29, 1.82) is 0 Å². The van der Waals surface area contributed by atoms with E-state index in [0.29, 0.717) is 0 Å². The summed E-state index contributed by atoms with van der Waals surface area (Å²) in [7, 11) is 0. The van der Waals surface area contributed by atoms with Crippen LogP contribution in [0.15, 0.2) is 0 Å². The van der Waals surface area contributed by atoms with E-state index in [4.69, 9.17) is 16.2 Å². The predicted octanol–water partition coefficient (Wildman–Crippen LogP) is -2.06. The molecule has 4 atom stereocenters. The van der Waals surface area contributed by atoms with Crippen LogP contribution in [0.4, 0.5) is 0 Å². The molecule has 2 fully saturated rings. The third-order valence-corrected chi connectivity index (χ3v) is 3.97. The lowest BCUT2D eigenvalue weighted by Crippen LogP contribution is -2.56. The summed E-state index contributed by atoms with van der Waals surface area (Å²) in [5.41, 5.74) is 11.3. The largest absolute Gasteiger partial charge is 0.348 e. The van der Waals surface area contributed by atoms with E-state index in [0.717, 1.165) is 0 Å². The third-order valence-electron chi connectivity index (χ3n) is 3.97. The number of hydrogen-bond acceptors (Lipinski definition) is 6. The Morgan fingerprint density at radius 2 is 2.14 bits per heavy atom. The molecule has 2 rings (SSSR count). The molecule has 8 nitrogen and oxygen atoms in total. The van der Waals surface area contributed by atoms with Gasteiger partial charge in [-0.15, -0.1) is 0 Å². The quantitative estimate of drug-likeness (QED) is 0.484. The van der Waals surface area contributed by atoms with Gasteiger partial charge >= 0.3 is 0 Å². The Morgan fingerprint density at radius 3 is 2.67 bits per heavy atom. The molecule has 0 aromatic heterocycles. The Balaban J connectivity index is 1.89. The second-order valence-electron chi connectivity index (χ2n) is 5.77. The summed E-state index contributed by atoms with van der Waals surface area (Å²) < 4.78 is 5.53. The molecule has 0 radical (unpaired) electrons. The van der Waals surface area contributed by atoms with Gasteiger partial charge in [0.25, 0.3) is 0 Å². The monoisotopic (exact) mass is 298 g/mol. The SMILES string of the molecule is CC(C)[C@H](N)C(=O)NCC(=O)C1OC2CC(=O)N2C1CN. The van der Waals surface area contributed by atoms with E-state index in [9.17, 15) is 14.4 Å². The standard InChI is InChI=1S/C13H22N4O4/c1-6(2)11(15)13(20)16-5-8(18)12-7(4-14)17-9(19)3-10(17)21-12/h6-7,10-12H,3-5,14-15H2,1-2H3,(H,16,20)/t7?,10?,11-,12?/m0/s1. The van der Waals surface area contributed by atoms with Gasteiger partial charge in [0.15, 0.2) is 5.78 Å². The van der Waals surface area contributed by atoms with Gasteiger partial charge < -0.3 is 26.4 Å². The Bertz CT molecular complexity index is 453.